The molecule has 1 fully saturated rings. The van der Waals surface area contributed by atoms with Crippen LogP contribution in [-0.2, 0) is 0 Å². The normalized spacial score (nSPS) is 29.6. The van der Waals surface area contributed by atoms with E-state index >= 15 is 0 Å². The molecule has 3 rings (SSSR count). The Morgan fingerprint density at radius 1 is 0.950 bits per heavy atom. The molecule has 0 amide bonds. The first kappa shape index (κ1) is 6.88. The summed E-state index contributed by atoms with van der Waals surface area (Å²) in [4.78, 5) is 1.68. The standard InChI is InChI=1S/C18H22N2/c1-19-12-14-20(15-13-19)18(16-8-4-2-5-9-16)17-10-6-3-7-11-17/h2-11,18H,12-15H2,1H3/i1D3,12D2,13D2,18D. The molecule has 0 aliphatic carbocycles. The lowest BCUT2D eigenvalue weighted by atomic mass is 9.96. The van der Waals surface area contributed by atoms with Crippen LogP contribution in [0.1, 0.15) is 28.1 Å². The zero-order valence-electron chi connectivity index (χ0n) is 19.1. The highest BCUT2D eigenvalue weighted by Gasteiger charge is 2.24. The van der Waals surface area contributed by atoms with Crippen LogP contribution in [0.2, 0.25) is 0 Å². The first-order chi connectivity index (χ1) is 12.9. The van der Waals surface area contributed by atoms with Gasteiger partial charge in [-0.2, -0.15) is 0 Å². The molecule has 1 aliphatic rings. The van der Waals surface area contributed by atoms with Gasteiger partial charge in [-0.25, -0.2) is 0 Å². The molecular weight excluding hydrogens is 244 g/mol. The van der Waals surface area contributed by atoms with Crippen molar-refractivity contribution in [3.8, 4) is 0 Å². The minimum atomic E-state index is -2.94. The molecule has 2 nitrogen and oxygen atoms in total. The van der Waals surface area contributed by atoms with Gasteiger partial charge in [-0.3, -0.25) is 4.90 Å². The third-order valence-electron chi connectivity index (χ3n) is 3.25. The predicted molar refractivity (Wildman–Crippen MR) is 83.8 cm³/mol. The van der Waals surface area contributed by atoms with Gasteiger partial charge in [0.25, 0.3) is 0 Å². The van der Waals surface area contributed by atoms with E-state index in [1.807, 2.05) is 0 Å². The van der Waals surface area contributed by atoms with E-state index in [0.29, 0.717) is 16.0 Å². The molecule has 0 spiro atoms. The van der Waals surface area contributed by atoms with Gasteiger partial charge < -0.3 is 4.90 Å². The van der Waals surface area contributed by atoms with Gasteiger partial charge in [-0.15, -0.1) is 0 Å². The molecule has 104 valence electrons. The Morgan fingerprint density at radius 3 is 1.90 bits per heavy atom. The first-order valence-corrected chi connectivity index (χ1v) is 6.56. The molecule has 0 bridgehead atoms. The second-order valence-corrected chi connectivity index (χ2v) is 4.59. The summed E-state index contributed by atoms with van der Waals surface area (Å²) < 4.78 is 65.3. The third kappa shape index (κ3) is 2.92. The maximum atomic E-state index is 9.31. The summed E-state index contributed by atoms with van der Waals surface area (Å²) in [7, 11) is 0. The van der Waals surface area contributed by atoms with Gasteiger partial charge in [0.2, 0.25) is 0 Å². The van der Waals surface area contributed by atoms with Crippen molar-refractivity contribution in [2.75, 3.05) is 33.1 Å². The van der Waals surface area contributed by atoms with Gasteiger partial charge in [0.1, 0.15) is 0 Å². The van der Waals surface area contributed by atoms with Crippen molar-refractivity contribution in [3.63, 3.8) is 0 Å². The summed E-state index contributed by atoms with van der Waals surface area (Å²) >= 11 is 0. The van der Waals surface area contributed by atoms with Crippen LogP contribution in [0.4, 0.5) is 0 Å². The molecule has 0 radical (unpaired) electrons. The smallest absolute Gasteiger partial charge is 0.0602 e. The van der Waals surface area contributed by atoms with Gasteiger partial charge in [0, 0.05) is 35.7 Å². The third-order valence-corrected chi connectivity index (χ3v) is 3.25. The van der Waals surface area contributed by atoms with Crippen molar-refractivity contribution >= 4 is 0 Å². The second-order valence-electron chi connectivity index (χ2n) is 4.59. The summed E-state index contributed by atoms with van der Waals surface area (Å²) in [5.74, 6) is 0. The van der Waals surface area contributed by atoms with Crippen LogP contribution >= 0.6 is 0 Å². The van der Waals surface area contributed by atoms with Crippen LogP contribution in [-0.4, -0.2) is 42.9 Å². The fourth-order valence-corrected chi connectivity index (χ4v) is 2.31. The molecule has 1 saturated heterocycles. The monoisotopic (exact) mass is 274 g/mol. The Balaban J connectivity index is 2.13. The van der Waals surface area contributed by atoms with E-state index < -0.39 is 39.1 Å². The van der Waals surface area contributed by atoms with Gasteiger partial charge in [-0.05, 0) is 18.1 Å². The minimum absolute atomic E-state index is 0.305. The summed E-state index contributed by atoms with van der Waals surface area (Å²) in [5.41, 5.74) is 1.10. The van der Waals surface area contributed by atoms with E-state index in [0.717, 1.165) is 0 Å². The molecule has 0 unspecified atom stereocenters. The molecule has 2 aromatic carbocycles. The fraction of sp³-hybridized carbons (Fsp3) is 0.333. The maximum Gasteiger partial charge on any atom is 0.0602 e. The van der Waals surface area contributed by atoms with Crippen LogP contribution in [0.25, 0.3) is 0 Å². The van der Waals surface area contributed by atoms with Crippen molar-refractivity contribution in [1.82, 2.24) is 9.80 Å². The van der Waals surface area contributed by atoms with E-state index in [1.165, 1.54) is 4.90 Å². The van der Waals surface area contributed by atoms with E-state index in [9.17, 15) is 1.37 Å². The SMILES string of the molecule is [2H]C([2H])([2H])N1C([2H])([2H])CN(C([2H])(c2ccccc2)c2ccccc2)CC1([2H])[2H]. The molecular formula is C18H22N2. The number of rotatable bonds is 3. The zero-order valence-corrected chi connectivity index (χ0v) is 11.1. The van der Waals surface area contributed by atoms with Crippen molar-refractivity contribution in [3.05, 3.63) is 71.8 Å². The highest BCUT2D eigenvalue weighted by atomic mass is 15.3. The zero-order chi connectivity index (χ0) is 20.8. The lowest BCUT2D eigenvalue weighted by Gasteiger charge is -2.38. The van der Waals surface area contributed by atoms with E-state index in [-0.39, 0.29) is 0 Å². The Bertz CT molecular complexity index is 750. The second kappa shape index (κ2) is 6.21. The molecule has 0 N–H and O–H groups in total. The fourth-order valence-electron chi connectivity index (χ4n) is 2.31. The number of hydrogen-bond donors (Lipinski definition) is 0. The number of nitrogens with zero attached hydrogens (tertiary/aromatic N) is 2. The molecule has 1 heterocycles. The number of likely N-dealkylation sites (N-methyl/N-ethyl adjacent to an activating group) is 1. The quantitative estimate of drug-likeness (QED) is 0.849. The summed E-state index contributed by atoms with van der Waals surface area (Å²) in [6.45, 7) is -8.80. The van der Waals surface area contributed by atoms with Gasteiger partial charge in [0.15, 0.2) is 0 Å². The van der Waals surface area contributed by atoms with Gasteiger partial charge in [-0.1, -0.05) is 60.7 Å². The van der Waals surface area contributed by atoms with Crippen LogP contribution in [0, 0.1) is 0 Å². The lowest BCUT2D eigenvalue weighted by Crippen LogP contribution is -2.46. The van der Waals surface area contributed by atoms with Crippen LogP contribution < -0.4 is 0 Å². The number of hydrogen-bond acceptors (Lipinski definition) is 2. The van der Waals surface area contributed by atoms with Crippen molar-refractivity contribution < 1.29 is 11.0 Å². The largest absolute Gasteiger partial charge is 0.304 e. The highest BCUT2D eigenvalue weighted by molar-refractivity contribution is 5.31. The Morgan fingerprint density at radius 2 is 1.45 bits per heavy atom. The Kier molecular flexibility index (Phi) is 2.14. The van der Waals surface area contributed by atoms with E-state index in [2.05, 4.69) is 0 Å². The topological polar surface area (TPSA) is 6.48 Å². The molecule has 1 aliphatic heterocycles. The predicted octanol–water partition coefficient (Wildman–Crippen LogP) is 3.02. The van der Waals surface area contributed by atoms with E-state index in [1.54, 1.807) is 60.7 Å². The molecule has 0 aromatic heterocycles. The highest BCUT2D eigenvalue weighted by Crippen LogP contribution is 2.29. The number of piperazine rings is 1. The molecule has 20 heavy (non-hydrogen) atoms. The molecule has 2 heteroatoms. The molecule has 0 saturated carbocycles. The van der Waals surface area contributed by atoms with Crippen LogP contribution in [0.5, 0.6) is 0 Å². The maximum absolute atomic E-state index is 9.31. The first-order valence-electron chi connectivity index (χ1n) is 10.6. The Hall–Kier alpha value is -1.64. The van der Waals surface area contributed by atoms with Crippen molar-refractivity contribution in [2.24, 2.45) is 0 Å². The average molecular weight is 274 g/mol. The molecule has 0 atom stereocenters. The van der Waals surface area contributed by atoms with Crippen LogP contribution in [0.15, 0.2) is 60.7 Å². The van der Waals surface area contributed by atoms with Crippen molar-refractivity contribution in [2.45, 2.75) is 6.02 Å². The Labute approximate surface area is 132 Å². The number of benzene rings is 2. The van der Waals surface area contributed by atoms with E-state index in [4.69, 9.17) is 9.60 Å². The molecule has 2 aromatic rings. The van der Waals surface area contributed by atoms with Crippen molar-refractivity contribution in [1.29, 1.82) is 0 Å². The minimum Gasteiger partial charge on any atom is -0.304 e. The summed E-state index contributed by atoms with van der Waals surface area (Å²) in [6, 6.07) is 16.1. The van der Waals surface area contributed by atoms with Gasteiger partial charge in [0.05, 0.1) is 7.39 Å². The summed E-state index contributed by atoms with van der Waals surface area (Å²) in [6.07, 6.45) is 0. The summed E-state index contributed by atoms with van der Waals surface area (Å²) in [5, 5.41) is 0. The van der Waals surface area contributed by atoms with Crippen LogP contribution in [0.3, 0.4) is 0 Å². The average Bonchev–Trinajstić information content (AvgIpc) is 2.59. The van der Waals surface area contributed by atoms with Gasteiger partial charge >= 0.3 is 0 Å². The lowest BCUT2D eigenvalue weighted by molar-refractivity contribution is 0.127.